The van der Waals surface area contributed by atoms with Gasteiger partial charge in [-0.3, -0.25) is 0 Å². The van der Waals surface area contributed by atoms with Crippen molar-refractivity contribution in [2.45, 2.75) is 177 Å². The maximum Gasteiger partial charge on any atom is 0.121 e. The fourth-order valence-electron chi connectivity index (χ4n) is 8.79. The number of phenols is 1. The van der Waals surface area contributed by atoms with Crippen molar-refractivity contribution >= 4 is 12.2 Å². The molecule has 0 aliphatic heterocycles. The van der Waals surface area contributed by atoms with Gasteiger partial charge in [0.05, 0.1) is 11.2 Å². The highest BCUT2D eigenvalue weighted by Crippen LogP contribution is 2.43. The lowest BCUT2D eigenvalue weighted by atomic mass is 9.69. The van der Waals surface area contributed by atoms with Crippen molar-refractivity contribution in [2.24, 2.45) is 0 Å². The van der Waals surface area contributed by atoms with Crippen LogP contribution in [-0.2, 0) is 10.8 Å². The molecule has 4 aromatic carbocycles. The molecule has 0 saturated carbocycles. The van der Waals surface area contributed by atoms with E-state index in [9.17, 15) is 15.3 Å². The van der Waals surface area contributed by atoms with E-state index in [2.05, 4.69) is 135 Å². The molecular formula is C55H78O3. The lowest BCUT2D eigenvalue weighted by Crippen LogP contribution is -2.26. The Labute approximate surface area is 354 Å². The first-order valence-corrected chi connectivity index (χ1v) is 22.3. The van der Waals surface area contributed by atoms with Crippen molar-refractivity contribution in [3.05, 3.63) is 145 Å². The maximum absolute atomic E-state index is 10.6. The topological polar surface area (TPSA) is 60.7 Å². The first kappa shape index (κ1) is 48.4. The van der Waals surface area contributed by atoms with Crippen LogP contribution in [0.4, 0.5) is 0 Å². The molecule has 0 unspecified atom stereocenters. The molecule has 0 fully saturated rings. The molecule has 0 amide bonds. The second kappa shape index (κ2) is 20.4. The standard InChI is InChI=1S/C28H40O.C27H38O2/c1-9-27(29,10-2)16-15-24-13-14-25(19-22(24)7)28(11-3,12-4)26-17-20(5)23(8)21(6)18-26;1-8-26(29,9-2)15-14-22-12-13-23(16-19(22)5)27(10-3,11-4)24-17-20(6)25(28)21(7)18-24/h13-19,29H,9-12H2,1-8H3;12-18,28-29H,8-11H2,1-7H3/b16-15+;15-14+. The lowest BCUT2D eigenvalue weighted by molar-refractivity contribution is 0.0832. The van der Waals surface area contributed by atoms with Crippen molar-refractivity contribution in [3.8, 4) is 5.75 Å². The van der Waals surface area contributed by atoms with Crippen LogP contribution in [0.3, 0.4) is 0 Å². The molecule has 3 heteroatoms. The fraction of sp³-hybridized carbons (Fsp3) is 0.491. The van der Waals surface area contributed by atoms with Crippen molar-refractivity contribution in [1.29, 1.82) is 0 Å². The maximum atomic E-state index is 10.6. The van der Waals surface area contributed by atoms with E-state index in [1.54, 1.807) is 0 Å². The SMILES string of the molecule is CCC(O)(/C=C/c1ccc(C(CC)(CC)c2cc(C)c(C)c(C)c2)cc1C)CC.CCC(O)(/C=C/c1ccc(C(CC)(CC)c2cc(C)c(O)c(C)c2)cc1C)CC. The Morgan fingerprint density at radius 3 is 0.966 bits per heavy atom. The molecule has 0 aliphatic carbocycles. The smallest absolute Gasteiger partial charge is 0.121 e. The number of benzene rings is 4. The van der Waals surface area contributed by atoms with E-state index in [0.29, 0.717) is 18.6 Å². The molecule has 4 aromatic rings. The molecule has 316 valence electrons. The Morgan fingerprint density at radius 2 is 0.690 bits per heavy atom. The van der Waals surface area contributed by atoms with Crippen LogP contribution in [0.15, 0.2) is 72.8 Å². The molecule has 0 radical (unpaired) electrons. The van der Waals surface area contributed by atoms with Crippen molar-refractivity contribution in [2.75, 3.05) is 0 Å². The van der Waals surface area contributed by atoms with E-state index in [1.807, 2.05) is 53.7 Å². The average molecular weight is 787 g/mol. The summed E-state index contributed by atoms with van der Waals surface area (Å²) < 4.78 is 0. The number of aliphatic hydroxyl groups is 2. The number of hydrogen-bond donors (Lipinski definition) is 3. The van der Waals surface area contributed by atoms with Crippen LogP contribution in [0, 0.1) is 48.5 Å². The van der Waals surface area contributed by atoms with Crippen molar-refractivity contribution < 1.29 is 15.3 Å². The summed E-state index contributed by atoms with van der Waals surface area (Å²) in [7, 11) is 0. The second-order valence-electron chi connectivity index (χ2n) is 17.2. The minimum Gasteiger partial charge on any atom is -0.507 e. The zero-order valence-electron chi connectivity index (χ0n) is 39.1. The van der Waals surface area contributed by atoms with Gasteiger partial charge in [0.2, 0.25) is 0 Å². The predicted molar refractivity (Wildman–Crippen MR) is 252 cm³/mol. The molecule has 0 spiro atoms. The van der Waals surface area contributed by atoms with Crippen LogP contribution in [0.5, 0.6) is 5.75 Å². The molecule has 0 aliphatic rings. The molecule has 3 N–H and O–H groups in total. The predicted octanol–water partition coefficient (Wildman–Crippen LogP) is 14.6. The van der Waals surface area contributed by atoms with Crippen LogP contribution >= 0.6 is 0 Å². The molecule has 0 saturated heterocycles. The molecule has 0 bridgehead atoms. The molecule has 0 aromatic heterocycles. The average Bonchev–Trinajstić information content (AvgIpc) is 3.22. The summed E-state index contributed by atoms with van der Waals surface area (Å²) in [5.74, 6) is 0.394. The van der Waals surface area contributed by atoms with Crippen LogP contribution < -0.4 is 0 Å². The van der Waals surface area contributed by atoms with E-state index in [-0.39, 0.29) is 10.8 Å². The molecule has 0 heterocycles. The lowest BCUT2D eigenvalue weighted by Gasteiger charge is -2.34. The van der Waals surface area contributed by atoms with Gasteiger partial charge in [-0.05, 0) is 172 Å². The van der Waals surface area contributed by atoms with Crippen LogP contribution in [0.2, 0.25) is 0 Å². The van der Waals surface area contributed by atoms with Gasteiger partial charge in [0.1, 0.15) is 5.75 Å². The second-order valence-corrected chi connectivity index (χ2v) is 17.2. The highest BCUT2D eigenvalue weighted by atomic mass is 16.3. The largest absolute Gasteiger partial charge is 0.507 e. The summed E-state index contributed by atoms with van der Waals surface area (Å²) in [6.45, 7) is 32.1. The minimum atomic E-state index is -0.733. The number of rotatable bonds is 16. The van der Waals surface area contributed by atoms with Gasteiger partial charge in [-0.1, -0.05) is 140 Å². The van der Waals surface area contributed by atoms with E-state index >= 15 is 0 Å². The van der Waals surface area contributed by atoms with Gasteiger partial charge in [-0.25, -0.2) is 0 Å². The normalized spacial score (nSPS) is 12.7. The number of hydrogen-bond acceptors (Lipinski definition) is 3. The summed E-state index contributed by atoms with van der Waals surface area (Å²) in [5, 5.41) is 31.4. The Bertz CT molecular complexity index is 1830. The Balaban J connectivity index is 0.000000310. The first-order valence-electron chi connectivity index (χ1n) is 22.3. The van der Waals surface area contributed by atoms with Gasteiger partial charge in [0.25, 0.3) is 0 Å². The molecule has 0 atom stereocenters. The summed E-state index contributed by atoms with van der Waals surface area (Å²) in [5.41, 5.74) is 14.7. The number of aryl methyl sites for hydroxylation is 6. The van der Waals surface area contributed by atoms with Gasteiger partial charge in [0, 0.05) is 10.8 Å². The third kappa shape index (κ3) is 10.4. The first-order chi connectivity index (χ1) is 27.3. The third-order valence-corrected chi connectivity index (χ3v) is 14.2. The quantitative estimate of drug-likeness (QED) is 0.106. The molecule has 3 nitrogen and oxygen atoms in total. The zero-order chi connectivity index (χ0) is 43.6. The highest BCUT2D eigenvalue weighted by Gasteiger charge is 2.33. The summed E-state index contributed by atoms with van der Waals surface area (Å²) in [4.78, 5) is 0. The van der Waals surface area contributed by atoms with Gasteiger partial charge in [0.15, 0.2) is 0 Å². The fourth-order valence-corrected chi connectivity index (χ4v) is 8.79. The van der Waals surface area contributed by atoms with Crippen molar-refractivity contribution in [1.82, 2.24) is 0 Å². The van der Waals surface area contributed by atoms with Crippen LogP contribution in [0.25, 0.3) is 12.2 Å². The summed E-state index contributed by atoms with van der Waals surface area (Å²) >= 11 is 0. The molecule has 58 heavy (non-hydrogen) atoms. The Hall–Kier alpha value is -3.92. The molecule has 4 rings (SSSR count). The van der Waals surface area contributed by atoms with Gasteiger partial charge < -0.3 is 15.3 Å². The Kier molecular flexibility index (Phi) is 17.0. The number of aromatic hydroxyl groups is 1. The summed E-state index contributed by atoms with van der Waals surface area (Å²) in [6.07, 6.45) is 15.1. The van der Waals surface area contributed by atoms with Gasteiger partial charge >= 0.3 is 0 Å². The Morgan fingerprint density at radius 1 is 0.397 bits per heavy atom. The van der Waals surface area contributed by atoms with Gasteiger partial charge in [-0.2, -0.15) is 0 Å². The third-order valence-electron chi connectivity index (χ3n) is 14.2. The van der Waals surface area contributed by atoms with E-state index in [0.717, 1.165) is 55.2 Å². The summed E-state index contributed by atoms with van der Waals surface area (Å²) in [6, 6.07) is 22.6. The zero-order valence-corrected chi connectivity index (χ0v) is 39.1. The highest BCUT2D eigenvalue weighted by molar-refractivity contribution is 5.59. The van der Waals surface area contributed by atoms with Gasteiger partial charge in [-0.15, -0.1) is 0 Å². The van der Waals surface area contributed by atoms with E-state index in [4.69, 9.17) is 0 Å². The molecular weight excluding hydrogens is 709 g/mol. The van der Waals surface area contributed by atoms with E-state index < -0.39 is 11.2 Å². The monoisotopic (exact) mass is 787 g/mol. The van der Waals surface area contributed by atoms with Crippen LogP contribution in [-0.4, -0.2) is 26.5 Å². The van der Waals surface area contributed by atoms with E-state index in [1.165, 1.54) is 55.6 Å². The number of phenolic OH excluding ortho intramolecular Hbond substituents is 1. The van der Waals surface area contributed by atoms with Crippen LogP contribution in [0.1, 0.15) is 179 Å². The minimum absolute atomic E-state index is 0.0315. The van der Waals surface area contributed by atoms with Crippen molar-refractivity contribution in [3.63, 3.8) is 0 Å².